The summed E-state index contributed by atoms with van der Waals surface area (Å²) in [5.74, 6) is 0.313. The minimum Gasteiger partial charge on any atom is -0.371 e. The lowest BCUT2D eigenvalue weighted by atomic mass is 10.0. The van der Waals surface area contributed by atoms with Crippen LogP contribution in [0.5, 0.6) is 0 Å². The van der Waals surface area contributed by atoms with Crippen LogP contribution >= 0.6 is 0 Å². The van der Waals surface area contributed by atoms with E-state index in [1.165, 1.54) is 25.7 Å². The highest BCUT2D eigenvalue weighted by Crippen LogP contribution is 2.28. The second-order valence-electron chi connectivity index (χ2n) is 9.71. The van der Waals surface area contributed by atoms with Crippen LogP contribution in [-0.4, -0.2) is 73.0 Å². The molecular formula is C25H38N4O2. The summed E-state index contributed by atoms with van der Waals surface area (Å²) in [5.41, 5.74) is 1.86. The molecule has 3 aliphatic rings. The molecular weight excluding hydrogens is 388 g/mol. The number of para-hydroxylation sites is 1. The molecule has 31 heavy (non-hydrogen) atoms. The summed E-state index contributed by atoms with van der Waals surface area (Å²) < 4.78 is 0. The molecule has 0 bridgehead atoms. The van der Waals surface area contributed by atoms with E-state index in [1.807, 2.05) is 36.9 Å². The summed E-state index contributed by atoms with van der Waals surface area (Å²) >= 11 is 0. The molecule has 1 N–H and O–H groups in total. The lowest BCUT2D eigenvalue weighted by Crippen LogP contribution is -2.51. The van der Waals surface area contributed by atoms with E-state index in [0.717, 1.165) is 69.4 Å². The van der Waals surface area contributed by atoms with Gasteiger partial charge in [0.2, 0.25) is 5.91 Å². The lowest BCUT2D eigenvalue weighted by Gasteiger charge is -2.39. The Morgan fingerprint density at radius 3 is 2.19 bits per heavy atom. The van der Waals surface area contributed by atoms with Crippen LogP contribution in [0.15, 0.2) is 24.3 Å². The molecule has 0 aromatic heterocycles. The zero-order valence-corrected chi connectivity index (χ0v) is 19.2. The second-order valence-corrected chi connectivity index (χ2v) is 9.71. The maximum Gasteiger partial charge on any atom is 0.256 e. The number of amides is 2. The third kappa shape index (κ3) is 5.22. The van der Waals surface area contributed by atoms with Gasteiger partial charge in [-0.3, -0.25) is 14.5 Å². The van der Waals surface area contributed by atoms with Gasteiger partial charge in [0.15, 0.2) is 0 Å². The zero-order chi connectivity index (χ0) is 21.8. The molecule has 0 spiro atoms. The third-order valence-electron chi connectivity index (χ3n) is 7.28. The Bertz CT molecular complexity index is 759. The Hall–Kier alpha value is -2.08. The van der Waals surface area contributed by atoms with Crippen molar-refractivity contribution in [3.8, 4) is 0 Å². The smallest absolute Gasteiger partial charge is 0.256 e. The molecule has 2 heterocycles. The molecule has 0 radical (unpaired) electrons. The molecule has 3 fully saturated rings. The van der Waals surface area contributed by atoms with Crippen molar-refractivity contribution in [1.29, 1.82) is 0 Å². The molecule has 1 saturated carbocycles. The first-order valence-corrected chi connectivity index (χ1v) is 12.2. The predicted molar refractivity (Wildman–Crippen MR) is 124 cm³/mol. The van der Waals surface area contributed by atoms with Crippen LogP contribution in [-0.2, 0) is 4.79 Å². The number of anilines is 1. The van der Waals surface area contributed by atoms with Crippen molar-refractivity contribution in [3.63, 3.8) is 0 Å². The lowest BCUT2D eigenvalue weighted by molar-refractivity contribution is -0.124. The number of nitrogens with one attached hydrogen (secondary N) is 1. The zero-order valence-electron chi connectivity index (χ0n) is 19.2. The first-order valence-electron chi connectivity index (χ1n) is 12.2. The van der Waals surface area contributed by atoms with Gasteiger partial charge in [-0.2, -0.15) is 0 Å². The number of piperidine rings is 1. The number of benzene rings is 1. The van der Waals surface area contributed by atoms with Crippen molar-refractivity contribution >= 4 is 17.5 Å². The summed E-state index contributed by atoms with van der Waals surface area (Å²) in [4.78, 5) is 32.4. The van der Waals surface area contributed by atoms with E-state index in [2.05, 4.69) is 21.2 Å². The van der Waals surface area contributed by atoms with Gasteiger partial charge in [0.1, 0.15) is 0 Å². The van der Waals surface area contributed by atoms with Gasteiger partial charge < -0.3 is 15.1 Å². The minimum absolute atomic E-state index is 0.0190. The molecule has 1 aromatic carbocycles. The number of hydrogen-bond acceptors (Lipinski definition) is 4. The van der Waals surface area contributed by atoms with Crippen LogP contribution in [0.4, 0.5) is 5.69 Å². The van der Waals surface area contributed by atoms with Gasteiger partial charge in [-0.25, -0.2) is 0 Å². The van der Waals surface area contributed by atoms with Crippen LogP contribution in [0, 0.1) is 5.92 Å². The quantitative estimate of drug-likeness (QED) is 0.786. The number of nitrogens with zero attached hydrogens (tertiary/aromatic N) is 3. The molecule has 6 heteroatoms. The second kappa shape index (κ2) is 10.0. The molecule has 2 aliphatic heterocycles. The third-order valence-corrected chi connectivity index (χ3v) is 7.28. The van der Waals surface area contributed by atoms with Crippen molar-refractivity contribution in [3.05, 3.63) is 29.8 Å². The highest BCUT2D eigenvalue weighted by molar-refractivity contribution is 6.00. The molecule has 0 atom stereocenters. The average Bonchev–Trinajstić information content (AvgIpc) is 3.34. The summed E-state index contributed by atoms with van der Waals surface area (Å²) in [5, 5.41) is 3.16. The molecule has 0 unspecified atom stereocenters. The predicted octanol–water partition coefficient (Wildman–Crippen LogP) is 3.13. The molecule has 6 nitrogen and oxygen atoms in total. The van der Waals surface area contributed by atoms with Crippen molar-refractivity contribution in [1.82, 2.24) is 15.1 Å². The molecule has 2 amide bonds. The van der Waals surface area contributed by atoms with Gasteiger partial charge in [0, 0.05) is 63.0 Å². The van der Waals surface area contributed by atoms with Gasteiger partial charge in [0.05, 0.1) is 5.56 Å². The Morgan fingerprint density at radius 2 is 1.55 bits per heavy atom. The minimum atomic E-state index is 0.0190. The SMILES string of the molecule is CC(C)C(=O)NC1CCN(c2ccccc2C(=O)N2CCN(C3CCCC3)CC2)CC1. The van der Waals surface area contributed by atoms with E-state index in [0.29, 0.717) is 0 Å². The number of rotatable bonds is 5. The number of carbonyl (C=O) groups is 2. The fourth-order valence-electron chi connectivity index (χ4n) is 5.29. The summed E-state index contributed by atoms with van der Waals surface area (Å²) in [6.07, 6.45) is 7.20. The topological polar surface area (TPSA) is 55.9 Å². The van der Waals surface area contributed by atoms with Crippen molar-refractivity contribution < 1.29 is 9.59 Å². The van der Waals surface area contributed by atoms with Crippen molar-refractivity contribution in [2.75, 3.05) is 44.2 Å². The normalized spacial score (nSPS) is 21.6. The Kier molecular flexibility index (Phi) is 7.16. The van der Waals surface area contributed by atoms with Crippen LogP contribution in [0.3, 0.4) is 0 Å². The van der Waals surface area contributed by atoms with Crippen LogP contribution < -0.4 is 10.2 Å². The number of hydrogen-bond donors (Lipinski definition) is 1. The molecule has 4 rings (SSSR count). The molecule has 1 aromatic rings. The molecule has 1 aliphatic carbocycles. The first kappa shape index (κ1) is 22.1. The highest BCUT2D eigenvalue weighted by atomic mass is 16.2. The van der Waals surface area contributed by atoms with Crippen molar-refractivity contribution in [2.24, 2.45) is 5.92 Å². The van der Waals surface area contributed by atoms with E-state index >= 15 is 0 Å². The van der Waals surface area contributed by atoms with Gasteiger partial charge in [-0.1, -0.05) is 38.8 Å². The standard InChI is InChI=1S/C25H38N4O2/c1-19(2)24(30)26-20-11-13-28(14-12-20)23-10-6-5-9-22(23)25(31)29-17-15-27(16-18-29)21-7-3-4-8-21/h5-6,9-10,19-21H,3-4,7-8,11-18H2,1-2H3,(H,26,30). The van der Waals surface area contributed by atoms with E-state index in [-0.39, 0.29) is 23.8 Å². The van der Waals surface area contributed by atoms with E-state index in [4.69, 9.17) is 0 Å². The monoisotopic (exact) mass is 426 g/mol. The van der Waals surface area contributed by atoms with Gasteiger partial charge in [0.25, 0.3) is 5.91 Å². The van der Waals surface area contributed by atoms with Crippen molar-refractivity contribution in [2.45, 2.75) is 64.5 Å². The fourth-order valence-corrected chi connectivity index (χ4v) is 5.29. The highest BCUT2D eigenvalue weighted by Gasteiger charge is 2.30. The Morgan fingerprint density at radius 1 is 0.903 bits per heavy atom. The summed E-state index contributed by atoms with van der Waals surface area (Å²) in [6.45, 7) is 9.24. The average molecular weight is 427 g/mol. The van der Waals surface area contributed by atoms with Gasteiger partial charge in [-0.15, -0.1) is 0 Å². The van der Waals surface area contributed by atoms with Crippen LogP contribution in [0.25, 0.3) is 0 Å². The maximum absolute atomic E-state index is 13.4. The van der Waals surface area contributed by atoms with E-state index in [9.17, 15) is 9.59 Å². The maximum atomic E-state index is 13.4. The number of carbonyl (C=O) groups excluding carboxylic acids is 2. The fraction of sp³-hybridized carbons (Fsp3) is 0.680. The largest absolute Gasteiger partial charge is 0.371 e. The first-order chi connectivity index (χ1) is 15.0. The van der Waals surface area contributed by atoms with E-state index < -0.39 is 0 Å². The van der Waals surface area contributed by atoms with Crippen LogP contribution in [0.1, 0.15) is 62.7 Å². The Balaban J connectivity index is 1.35. The summed E-state index contributed by atoms with van der Waals surface area (Å²) in [6, 6.07) is 9.03. The van der Waals surface area contributed by atoms with Crippen LogP contribution in [0.2, 0.25) is 0 Å². The molecule has 170 valence electrons. The summed E-state index contributed by atoms with van der Waals surface area (Å²) in [7, 11) is 0. The molecule has 2 saturated heterocycles. The van der Waals surface area contributed by atoms with E-state index in [1.54, 1.807) is 0 Å². The Labute approximate surface area is 187 Å². The van der Waals surface area contributed by atoms with Gasteiger partial charge in [-0.05, 0) is 37.8 Å². The number of piperazine rings is 1. The van der Waals surface area contributed by atoms with Gasteiger partial charge >= 0.3 is 0 Å².